The van der Waals surface area contributed by atoms with Gasteiger partial charge in [-0.25, -0.2) is 0 Å². The molecule has 0 saturated heterocycles. The Labute approximate surface area is 113 Å². The molecule has 0 heterocycles. The van der Waals surface area contributed by atoms with Gasteiger partial charge in [-0.1, -0.05) is 32.0 Å². The molecule has 0 aliphatic carbocycles. The van der Waals surface area contributed by atoms with Gasteiger partial charge in [0.15, 0.2) is 5.92 Å². The van der Waals surface area contributed by atoms with Crippen molar-refractivity contribution < 1.29 is 19.1 Å². The summed E-state index contributed by atoms with van der Waals surface area (Å²) in [6.07, 6.45) is 1.13. The molecule has 0 radical (unpaired) electrons. The van der Waals surface area contributed by atoms with Crippen LogP contribution in [0, 0.1) is 5.92 Å². The number of aryl methyl sites for hydroxylation is 1. The predicted molar refractivity (Wildman–Crippen MR) is 71.9 cm³/mol. The summed E-state index contributed by atoms with van der Waals surface area (Å²) in [6.45, 7) is 5.71. The Morgan fingerprint density at radius 3 is 2.37 bits per heavy atom. The molecule has 4 heteroatoms. The van der Waals surface area contributed by atoms with E-state index in [1.165, 1.54) is 0 Å². The van der Waals surface area contributed by atoms with Crippen LogP contribution in [0.25, 0.3) is 0 Å². The molecule has 1 unspecified atom stereocenters. The second kappa shape index (κ2) is 7.56. The molecule has 1 aromatic carbocycles. The maximum Gasteiger partial charge on any atom is 0.325 e. The standard InChI is InChI=1S/C15H20O4/c1-4-11-9-7-8-10-13(11)19-15(17)12(5-2)14(16)18-6-3/h7-10,12H,4-6H2,1-3H3. The molecular formula is C15H20O4. The van der Waals surface area contributed by atoms with Gasteiger partial charge < -0.3 is 9.47 Å². The van der Waals surface area contributed by atoms with Gasteiger partial charge in [0.05, 0.1) is 6.61 Å². The lowest BCUT2D eigenvalue weighted by Gasteiger charge is -2.14. The molecule has 1 rings (SSSR count). The SMILES string of the molecule is CCOC(=O)C(CC)C(=O)Oc1ccccc1CC. The molecule has 0 spiro atoms. The van der Waals surface area contributed by atoms with E-state index >= 15 is 0 Å². The van der Waals surface area contributed by atoms with Gasteiger partial charge in [0.1, 0.15) is 5.75 Å². The molecule has 0 N–H and O–H groups in total. The highest BCUT2D eigenvalue weighted by Gasteiger charge is 2.28. The summed E-state index contributed by atoms with van der Waals surface area (Å²) in [4.78, 5) is 23.6. The molecule has 0 fully saturated rings. The molecule has 0 bridgehead atoms. The van der Waals surface area contributed by atoms with Crippen LogP contribution in [0.5, 0.6) is 5.75 Å². The highest BCUT2D eigenvalue weighted by molar-refractivity contribution is 5.95. The largest absolute Gasteiger partial charge is 0.465 e. The van der Waals surface area contributed by atoms with Crippen LogP contribution in [0.4, 0.5) is 0 Å². The molecule has 0 amide bonds. The number of ether oxygens (including phenoxy) is 2. The van der Waals surface area contributed by atoms with Crippen LogP contribution >= 0.6 is 0 Å². The Morgan fingerprint density at radius 1 is 1.11 bits per heavy atom. The number of carbonyl (C=O) groups excluding carboxylic acids is 2. The topological polar surface area (TPSA) is 52.6 Å². The molecule has 19 heavy (non-hydrogen) atoms. The first kappa shape index (κ1) is 15.2. The number of carbonyl (C=O) groups is 2. The monoisotopic (exact) mass is 264 g/mol. The zero-order valence-corrected chi connectivity index (χ0v) is 11.6. The molecule has 104 valence electrons. The average molecular weight is 264 g/mol. The Bertz CT molecular complexity index is 440. The summed E-state index contributed by atoms with van der Waals surface area (Å²) in [5.74, 6) is -1.42. The van der Waals surface area contributed by atoms with Crippen molar-refractivity contribution >= 4 is 11.9 Å². The first-order valence-corrected chi connectivity index (χ1v) is 6.60. The van der Waals surface area contributed by atoms with Gasteiger partial charge in [-0.15, -0.1) is 0 Å². The van der Waals surface area contributed by atoms with Crippen molar-refractivity contribution in [2.24, 2.45) is 5.92 Å². The third-order valence-corrected chi connectivity index (χ3v) is 2.83. The summed E-state index contributed by atoms with van der Waals surface area (Å²) in [6, 6.07) is 7.31. The second-order valence-electron chi connectivity index (χ2n) is 4.10. The van der Waals surface area contributed by atoms with E-state index in [0.717, 1.165) is 12.0 Å². The molecule has 0 saturated carbocycles. The first-order chi connectivity index (χ1) is 9.13. The summed E-state index contributed by atoms with van der Waals surface area (Å²) >= 11 is 0. The molecule has 0 aliphatic heterocycles. The van der Waals surface area contributed by atoms with E-state index in [1.54, 1.807) is 26.0 Å². The zero-order chi connectivity index (χ0) is 14.3. The predicted octanol–water partition coefficient (Wildman–Crippen LogP) is 2.74. The maximum atomic E-state index is 12.0. The summed E-state index contributed by atoms with van der Waals surface area (Å²) < 4.78 is 10.2. The lowest BCUT2D eigenvalue weighted by atomic mass is 10.1. The normalized spacial score (nSPS) is 11.7. The summed E-state index contributed by atoms with van der Waals surface area (Å²) in [7, 11) is 0. The lowest BCUT2D eigenvalue weighted by Crippen LogP contribution is -2.29. The lowest BCUT2D eigenvalue weighted by molar-refractivity contribution is -0.157. The highest BCUT2D eigenvalue weighted by atomic mass is 16.6. The summed E-state index contributed by atoms with van der Waals surface area (Å²) in [5, 5.41) is 0. The van der Waals surface area contributed by atoms with Crippen LogP contribution < -0.4 is 4.74 Å². The van der Waals surface area contributed by atoms with Crippen molar-refractivity contribution in [2.75, 3.05) is 6.61 Å². The number of rotatable bonds is 6. The Hall–Kier alpha value is -1.84. The minimum Gasteiger partial charge on any atom is -0.465 e. The van der Waals surface area contributed by atoms with Gasteiger partial charge in [-0.3, -0.25) is 9.59 Å². The van der Waals surface area contributed by atoms with Gasteiger partial charge in [0.2, 0.25) is 0 Å². The van der Waals surface area contributed by atoms with Crippen molar-refractivity contribution in [2.45, 2.75) is 33.6 Å². The van der Waals surface area contributed by atoms with E-state index in [-0.39, 0.29) is 6.61 Å². The smallest absolute Gasteiger partial charge is 0.325 e. The maximum absolute atomic E-state index is 12.0. The van der Waals surface area contributed by atoms with E-state index in [9.17, 15) is 9.59 Å². The van der Waals surface area contributed by atoms with Gasteiger partial charge in [0.25, 0.3) is 0 Å². The third kappa shape index (κ3) is 4.09. The number of hydrogen-bond acceptors (Lipinski definition) is 4. The fourth-order valence-electron chi connectivity index (χ4n) is 1.75. The van der Waals surface area contributed by atoms with Crippen molar-refractivity contribution in [3.8, 4) is 5.75 Å². The zero-order valence-electron chi connectivity index (χ0n) is 11.6. The number of para-hydroxylation sites is 1. The van der Waals surface area contributed by atoms with E-state index < -0.39 is 17.9 Å². The van der Waals surface area contributed by atoms with Gasteiger partial charge in [0, 0.05) is 0 Å². The molecular weight excluding hydrogens is 244 g/mol. The van der Waals surface area contributed by atoms with Crippen LogP contribution in [-0.4, -0.2) is 18.5 Å². The molecule has 1 atom stereocenters. The third-order valence-electron chi connectivity index (χ3n) is 2.83. The Kier molecular flexibility index (Phi) is 6.06. The van der Waals surface area contributed by atoms with Gasteiger partial charge >= 0.3 is 11.9 Å². The van der Waals surface area contributed by atoms with Crippen molar-refractivity contribution in [3.05, 3.63) is 29.8 Å². The first-order valence-electron chi connectivity index (χ1n) is 6.60. The van der Waals surface area contributed by atoms with Crippen LogP contribution in [0.1, 0.15) is 32.8 Å². The number of esters is 2. The van der Waals surface area contributed by atoms with E-state index in [1.807, 2.05) is 19.1 Å². The highest BCUT2D eigenvalue weighted by Crippen LogP contribution is 2.20. The average Bonchev–Trinajstić information content (AvgIpc) is 2.40. The number of benzene rings is 1. The molecule has 1 aromatic rings. The van der Waals surface area contributed by atoms with Crippen LogP contribution in [0.3, 0.4) is 0 Å². The van der Waals surface area contributed by atoms with Crippen molar-refractivity contribution in [1.82, 2.24) is 0 Å². The van der Waals surface area contributed by atoms with Crippen molar-refractivity contribution in [3.63, 3.8) is 0 Å². The fourth-order valence-corrected chi connectivity index (χ4v) is 1.75. The fraction of sp³-hybridized carbons (Fsp3) is 0.467. The van der Waals surface area contributed by atoms with Crippen LogP contribution in [-0.2, 0) is 20.7 Å². The van der Waals surface area contributed by atoms with E-state index in [0.29, 0.717) is 12.2 Å². The van der Waals surface area contributed by atoms with Crippen molar-refractivity contribution in [1.29, 1.82) is 0 Å². The number of hydrogen-bond donors (Lipinski definition) is 0. The summed E-state index contributed by atoms with van der Waals surface area (Å²) in [5.41, 5.74) is 0.939. The second-order valence-corrected chi connectivity index (χ2v) is 4.10. The van der Waals surface area contributed by atoms with Gasteiger partial charge in [-0.05, 0) is 31.4 Å². The quantitative estimate of drug-likeness (QED) is 0.450. The van der Waals surface area contributed by atoms with Crippen LogP contribution in [0.2, 0.25) is 0 Å². The van der Waals surface area contributed by atoms with E-state index in [4.69, 9.17) is 9.47 Å². The van der Waals surface area contributed by atoms with Gasteiger partial charge in [-0.2, -0.15) is 0 Å². The van der Waals surface area contributed by atoms with Crippen LogP contribution in [0.15, 0.2) is 24.3 Å². The Balaban J connectivity index is 2.79. The molecule has 0 aliphatic rings. The molecule has 4 nitrogen and oxygen atoms in total. The molecule has 0 aromatic heterocycles. The minimum absolute atomic E-state index is 0.258. The van der Waals surface area contributed by atoms with E-state index in [2.05, 4.69) is 0 Å². The Morgan fingerprint density at radius 2 is 1.79 bits per heavy atom. The minimum atomic E-state index is -0.857.